The number of aromatic nitrogens is 2. The summed E-state index contributed by atoms with van der Waals surface area (Å²) in [4.78, 5) is 13.9. The molecule has 22 heavy (non-hydrogen) atoms. The first-order chi connectivity index (χ1) is 9.79. The van der Waals surface area contributed by atoms with Gasteiger partial charge in [-0.25, -0.2) is 0 Å². The molecular formula is C13H20ClF3N4O. The van der Waals surface area contributed by atoms with E-state index >= 15 is 0 Å². The molecule has 0 aliphatic carbocycles. The first-order valence-corrected chi connectivity index (χ1v) is 6.94. The number of alkyl halides is 3. The third-order valence-corrected chi connectivity index (χ3v) is 3.70. The lowest BCUT2D eigenvalue weighted by Gasteiger charge is -2.38. The molecule has 1 aromatic heterocycles. The Balaban J connectivity index is 0.00000242. The van der Waals surface area contributed by atoms with Crippen LogP contribution in [-0.4, -0.2) is 39.2 Å². The Hall–Kier alpha value is -1.28. The second-order valence-electron chi connectivity index (χ2n) is 5.41. The van der Waals surface area contributed by atoms with Crippen molar-refractivity contribution in [3.8, 4) is 0 Å². The molecule has 0 saturated carbocycles. The first kappa shape index (κ1) is 18.8. The monoisotopic (exact) mass is 340 g/mol. The van der Waals surface area contributed by atoms with Crippen molar-refractivity contribution >= 4 is 18.3 Å². The van der Waals surface area contributed by atoms with Crippen molar-refractivity contribution in [2.45, 2.75) is 51.0 Å². The molecule has 2 unspecified atom stereocenters. The number of amides is 1. The number of nitrogens with zero attached hydrogens (tertiary/aromatic N) is 3. The van der Waals surface area contributed by atoms with Crippen LogP contribution in [-0.2, 0) is 17.5 Å². The SMILES string of the molecule is CC(N)C1CCCCN1C(=O)Cn1ccc(C(F)(F)F)n1.Cl. The molecule has 5 nitrogen and oxygen atoms in total. The molecule has 0 aromatic carbocycles. The van der Waals surface area contributed by atoms with Crippen LogP contribution in [0.15, 0.2) is 12.3 Å². The lowest BCUT2D eigenvalue weighted by Crippen LogP contribution is -2.52. The molecule has 1 saturated heterocycles. The van der Waals surface area contributed by atoms with Crippen LogP contribution >= 0.6 is 12.4 Å². The molecule has 2 atom stereocenters. The average molecular weight is 341 g/mol. The molecule has 0 bridgehead atoms. The molecule has 1 aliphatic heterocycles. The fourth-order valence-corrected chi connectivity index (χ4v) is 2.64. The minimum Gasteiger partial charge on any atom is -0.337 e. The van der Waals surface area contributed by atoms with Gasteiger partial charge < -0.3 is 10.6 Å². The molecule has 1 aliphatic rings. The van der Waals surface area contributed by atoms with Crippen molar-refractivity contribution in [1.29, 1.82) is 0 Å². The number of carbonyl (C=O) groups is 1. The molecular weight excluding hydrogens is 321 g/mol. The molecule has 126 valence electrons. The minimum absolute atomic E-state index is 0. The fraction of sp³-hybridized carbons (Fsp3) is 0.692. The Labute approximate surface area is 133 Å². The van der Waals surface area contributed by atoms with Gasteiger partial charge in [-0.1, -0.05) is 0 Å². The fourth-order valence-electron chi connectivity index (χ4n) is 2.64. The third kappa shape index (κ3) is 4.36. The lowest BCUT2D eigenvalue weighted by atomic mass is 9.97. The van der Waals surface area contributed by atoms with Crippen molar-refractivity contribution in [1.82, 2.24) is 14.7 Å². The van der Waals surface area contributed by atoms with Crippen LogP contribution in [0.1, 0.15) is 31.9 Å². The van der Waals surface area contributed by atoms with Crippen molar-refractivity contribution in [2.75, 3.05) is 6.54 Å². The summed E-state index contributed by atoms with van der Waals surface area (Å²) in [5, 5.41) is 3.40. The molecule has 1 fully saturated rings. The van der Waals surface area contributed by atoms with Crippen LogP contribution in [0.25, 0.3) is 0 Å². The second kappa shape index (κ2) is 7.32. The van der Waals surface area contributed by atoms with E-state index in [1.807, 2.05) is 6.92 Å². The highest BCUT2D eigenvalue weighted by Gasteiger charge is 2.34. The number of hydrogen-bond donors (Lipinski definition) is 1. The van der Waals surface area contributed by atoms with E-state index in [0.717, 1.165) is 30.0 Å². The van der Waals surface area contributed by atoms with E-state index in [9.17, 15) is 18.0 Å². The Morgan fingerprint density at radius 1 is 1.50 bits per heavy atom. The predicted molar refractivity (Wildman–Crippen MR) is 77.5 cm³/mol. The Morgan fingerprint density at radius 2 is 2.18 bits per heavy atom. The molecule has 2 N–H and O–H groups in total. The standard InChI is InChI=1S/C13H19F3N4O.ClH/c1-9(17)10-4-2-3-6-20(10)12(21)8-19-7-5-11(18-19)13(14,15)16;/h5,7,9-10H,2-4,6,8,17H2,1H3;1H. The number of piperidine rings is 1. The zero-order chi connectivity index (χ0) is 15.6. The van der Waals surface area contributed by atoms with E-state index in [1.54, 1.807) is 4.90 Å². The van der Waals surface area contributed by atoms with Crippen LogP contribution in [0.5, 0.6) is 0 Å². The van der Waals surface area contributed by atoms with Crippen molar-refractivity contribution in [3.63, 3.8) is 0 Å². The topological polar surface area (TPSA) is 64.2 Å². The van der Waals surface area contributed by atoms with Gasteiger partial charge in [-0.3, -0.25) is 9.48 Å². The van der Waals surface area contributed by atoms with Crippen LogP contribution < -0.4 is 5.73 Å². The zero-order valence-electron chi connectivity index (χ0n) is 12.2. The van der Waals surface area contributed by atoms with Crippen molar-refractivity contribution in [3.05, 3.63) is 18.0 Å². The van der Waals surface area contributed by atoms with Crippen LogP contribution in [0.3, 0.4) is 0 Å². The molecule has 0 radical (unpaired) electrons. The zero-order valence-corrected chi connectivity index (χ0v) is 13.0. The van der Waals surface area contributed by atoms with E-state index in [4.69, 9.17) is 5.73 Å². The summed E-state index contributed by atoms with van der Waals surface area (Å²) >= 11 is 0. The molecule has 1 aromatic rings. The van der Waals surface area contributed by atoms with Crippen LogP contribution in [0.2, 0.25) is 0 Å². The van der Waals surface area contributed by atoms with Gasteiger partial charge in [0, 0.05) is 24.8 Å². The smallest absolute Gasteiger partial charge is 0.337 e. The minimum atomic E-state index is -4.49. The number of carbonyl (C=O) groups excluding carboxylic acids is 1. The first-order valence-electron chi connectivity index (χ1n) is 6.94. The van der Waals surface area contributed by atoms with Gasteiger partial charge in [-0.05, 0) is 32.3 Å². The largest absolute Gasteiger partial charge is 0.435 e. The summed E-state index contributed by atoms with van der Waals surface area (Å²) in [5.41, 5.74) is 4.90. The summed E-state index contributed by atoms with van der Waals surface area (Å²) in [7, 11) is 0. The van der Waals surface area contributed by atoms with Gasteiger partial charge in [0.2, 0.25) is 5.91 Å². The van der Waals surface area contributed by atoms with Gasteiger partial charge in [-0.2, -0.15) is 18.3 Å². The highest BCUT2D eigenvalue weighted by molar-refractivity contribution is 5.85. The van der Waals surface area contributed by atoms with Gasteiger partial charge in [0.15, 0.2) is 5.69 Å². The molecule has 9 heteroatoms. The average Bonchev–Trinajstić information content (AvgIpc) is 2.87. The number of likely N-dealkylation sites (tertiary alicyclic amines) is 1. The number of hydrogen-bond acceptors (Lipinski definition) is 3. The molecule has 2 rings (SSSR count). The summed E-state index contributed by atoms with van der Waals surface area (Å²) in [6.45, 7) is 2.24. The second-order valence-corrected chi connectivity index (χ2v) is 5.41. The lowest BCUT2D eigenvalue weighted by molar-refractivity contribution is -0.142. The van der Waals surface area contributed by atoms with E-state index < -0.39 is 11.9 Å². The van der Waals surface area contributed by atoms with Gasteiger partial charge >= 0.3 is 6.18 Å². The molecule has 1 amide bonds. The van der Waals surface area contributed by atoms with Crippen molar-refractivity contribution < 1.29 is 18.0 Å². The summed E-state index contributed by atoms with van der Waals surface area (Å²) in [6, 6.07) is 0.661. The van der Waals surface area contributed by atoms with Gasteiger partial charge in [0.25, 0.3) is 0 Å². The number of nitrogens with two attached hydrogens (primary N) is 1. The highest BCUT2D eigenvalue weighted by Crippen LogP contribution is 2.27. The summed E-state index contributed by atoms with van der Waals surface area (Å²) < 4.78 is 38.4. The van der Waals surface area contributed by atoms with Crippen molar-refractivity contribution in [2.24, 2.45) is 5.73 Å². The summed E-state index contributed by atoms with van der Waals surface area (Å²) in [5.74, 6) is -0.242. The van der Waals surface area contributed by atoms with E-state index in [2.05, 4.69) is 5.10 Å². The van der Waals surface area contributed by atoms with E-state index in [1.165, 1.54) is 6.20 Å². The van der Waals surface area contributed by atoms with Gasteiger partial charge in [0.05, 0.1) is 0 Å². The summed E-state index contributed by atoms with van der Waals surface area (Å²) in [6.07, 6.45) is -0.590. The molecule has 2 heterocycles. The van der Waals surface area contributed by atoms with E-state index in [0.29, 0.717) is 6.54 Å². The third-order valence-electron chi connectivity index (χ3n) is 3.70. The maximum atomic E-state index is 12.5. The number of rotatable bonds is 3. The van der Waals surface area contributed by atoms with E-state index in [-0.39, 0.29) is 36.9 Å². The quantitative estimate of drug-likeness (QED) is 0.916. The maximum absolute atomic E-state index is 12.5. The normalized spacial score (nSPS) is 20.4. The molecule has 0 spiro atoms. The number of halogens is 4. The predicted octanol–water partition coefficient (Wildman–Crippen LogP) is 2.05. The van der Waals surface area contributed by atoms with Gasteiger partial charge in [0.1, 0.15) is 6.54 Å². The Morgan fingerprint density at radius 3 is 2.73 bits per heavy atom. The van der Waals surface area contributed by atoms with Crippen LogP contribution in [0.4, 0.5) is 13.2 Å². The Kier molecular flexibility index (Phi) is 6.25. The van der Waals surface area contributed by atoms with Gasteiger partial charge in [-0.15, -0.1) is 12.4 Å². The highest BCUT2D eigenvalue weighted by atomic mass is 35.5. The Bertz CT molecular complexity index is 504. The van der Waals surface area contributed by atoms with Crippen LogP contribution in [0, 0.1) is 0 Å². The maximum Gasteiger partial charge on any atom is 0.435 e.